The molecule has 0 aliphatic rings. The van der Waals surface area contributed by atoms with Gasteiger partial charge in [-0.25, -0.2) is 4.79 Å². The fourth-order valence-corrected chi connectivity index (χ4v) is 2.59. The van der Waals surface area contributed by atoms with Crippen molar-refractivity contribution in [3.63, 3.8) is 0 Å². The number of rotatable bonds is 7. The topological polar surface area (TPSA) is 61.4 Å². The summed E-state index contributed by atoms with van der Waals surface area (Å²) in [4.78, 5) is 11.9. The molecule has 0 spiro atoms. The third kappa shape index (κ3) is 5.93. The first-order valence-electron chi connectivity index (χ1n) is 7.61. The minimum Gasteiger partial charge on any atom is -0.396 e. The maximum atomic E-state index is 11.9. The summed E-state index contributed by atoms with van der Waals surface area (Å²) in [7, 11) is 0. The SMILES string of the molecule is O=C(NCc1cccc(Cl)c1)NCC(CCO)c1ccccc1. The average Bonchev–Trinajstić information content (AvgIpc) is 2.57. The fourth-order valence-electron chi connectivity index (χ4n) is 2.38. The van der Waals surface area contributed by atoms with Crippen molar-refractivity contribution in [2.75, 3.05) is 13.2 Å². The standard InChI is InChI=1S/C18H21ClN2O2/c19-17-8-4-5-14(11-17)12-20-18(23)21-13-16(9-10-22)15-6-2-1-3-7-15/h1-8,11,16,22H,9-10,12-13H2,(H2,20,21,23). The minimum atomic E-state index is -0.233. The maximum absolute atomic E-state index is 11.9. The Labute approximate surface area is 141 Å². The number of aliphatic hydroxyl groups excluding tert-OH is 1. The van der Waals surface area contributed by atoms with Crippen LogP contribution in [0.25, 0.3) is 0 Å². The number of halogens is 1. The van der Waals surface area contributed by atoms with E-state index in [1.807, 2.05) is 48.5 Å². The van der Waals surface area contributed by atoms with Crippen molar-refractivity contribution in [1.82, 2.24) is 10.6 Å². The predicted octanol–water partition coefficient (Wildman–Crippen LogP) is 3.31. The molecule has 0 saturated heterocycles. The number of amides is 2. The second kappa shape index (κ2) is 9.18. The number of carbonyl (C=O) groups is 1. The molecule has 0 bridgehead atoms. The van der Waals surface area contributed by atoms with Crippen molar-refractivity contribution in [3.05, 3.63) is 70.7 Å². The van der Waals surface area contributed by atoms with Crippen LogP contribution in [-0.2, 0) is 6.54 Å². The van der Waals surface area contributed by atoms with Gasteiger partial charge >= 0.3 is 6.03 Å². The Balaban J connectivity index is 1.82. The van der Waals surface area contributed by atoms with Crippen LogP contribution in [0.15, 0.2) is 54.6 Å². The molecule has 2 amide bonds. The highest BCUT2D eigenvalue weighted by Crippen LogP contribution is 2.18. The summed E-state index contributed by atoms with van der Waals surface area (Å²) in [6.07, 6.45) is 0.610. The Kier molecular flexibility index (Phi) is 6.91. The highest BCUT2D eigenvalue weighted by Gasteiger charge is 2.12. The molecule has 0 saturated carbocycles. The molecule has 2 aromatic rings. The number of benzene rings is 2. The van der Waals surface area contributed by atoms with Gasteiger partial charge in [0.25, 0.3) is 0 Å². The van der Waals surface area contributed by atoms with Crippen LogP contribution in [0.5, 0.6) is 0 Å². The van der Waals surface area contributed by atoms with Crippen molar-refractivity contribution in [2.45, 2.75) is 18.9 Å². The van der Waals surface area contributed by atoms with Crippen LogP contribution in [0.3, 0.4) is 0 Å². The Hall–Kier alpha value is -2.04. The van der Waals surface area contributed by atoms with Crippen LogP contribution in [0.1, 0.15) is 23.5 Å². The summed E-state index contributed by atoms with van der Waals surface area (Å²) in [5.41, 5.74) is 2.05. The Morgan fingerprint density at radius 1 is 1.09 bits per heavy atom. The zero-order valence-electron chi connectivity index (χ0n) is 12.8. The first kappa shape index (κ1) is 17.3. The fraction of sp³-hybridized carbons (Fsp3) is 0.278. The quantitative estimate of drug-likeness (QED) is 0.728. The van der Waals surface area contributed by atoms with E-state index >= 15 is 0 Å². The van der Waals surface area contributed by atoms with Gasteiger partial charge in [0.15, 0.2) is 0 Å². The van der Waals surface area contributed by atoms with E-state index in [1.54, 1.807) is 6.07 Å². The number of nitrogens with one attached hydrogen (secondary N) is 2. The Morgan fingerprint density at radius 3 is 2.57 bits per heavy atom. The third-order valence-corrected chi connectivity index (χ3v) is 3.83. The van der Waals surface area contributed by atoms with Gasteiger partial charge in [0.1, 0.15) is 0 Å². The van der Waals surface area contributed by atoms with Crippen LogP contribution in [0.2, 0.25) is 5.02 Å². The van der Waals surface area contributed by atoms with Crippen molar-refractivity contribution in [1.29, 1.82) is 0 Å². The number of hydrogen-bond donors (Lipinski definition) is 3. The lowest BCUT2D eigenvalue weighted by atomic mass is 9.96. The van der Waals surface area contributed by atoms with E-state index in [0.717, 1.165) is 11.1 Å². The predicted molar refractivity (Wildman–Crippen MR) is 92.6 cm³/mol. The number of aliphatic hydroxyl groups is 1. The summed E-state index contributed by atoms with van der Waals surface area (Å²) in [5.74, 6) is 0.0955. The van der Waals surface area contributed by atoms with Crippen molar-refractivity contribution >= 4 is 17.6 Å². The molecule has 1 unspecified atom stereocenters. The highest BCUT2D eigenvalue weighted by atomic mass is 35.5. The molecule has 0 fully saturated rings. The number of hydrogen-bond acceptors (Lipinski definition) is 2. The lowest BCUT2D eigenvalue weighted by Crippen LogP contribution is -2.37. The summed E-state index contributed by atoms with van der Waals surface area (Å²) < 4.78 is 0. The summed E-state index contributed by atoms with van der Waals surface area (Å²) in [5, 5.41) is 15.5. The maximum Gasteiger partial charge on any atom is 0.315 e. The molecule has 0 radical (unpaired) electrons. The van der Waals surface area contributed by atoms with E-state index in [4.69, 9.17) is 11.6 Å². The van der Waals surface area contributed by atoms with Gasteiger partial charge in [-0.3, -0.25) is 0 Å². The molecule has 0 aliphatic heterocycles. The van der Waals surface area contributed by atoms with Gasteiger partial charge in [-0.2, -0.15) is 0 Å². The molecule has 23 heavy (non-hydrogen) atoms. The van der Waals surface area contributed by atoms with Crippen LogP contribution in [-0.4, -0.2) is 24.3 Å². The molecule has 2 aromatic carbocycles. The highest BCUT2D eigenvalue weighted by molar-refractivity contribution is 6.30. The normalized spacial score (nSPS) is 11.7. The number of urea groups is 1. The molecule has 3 N–H and O–H groups in total. The summed E-state index contributed by atoms with van der Waals surface area (Å²) in [6, 6.07) is 17.0. The van der Waals surface area contributed by atoms with E-state index in [9.17, 15) is 9.90 Å². The molecule has 5 heteroatoms. The first-order chi connectivity index (χ1) is 11.2. The van der Waals surface area contributed by atoms with Gasteiger partial charge in [0.2, 0.25) is 0 Å². The van der Waals surface area contributed by atoms with E-state index in [-0.39, 0.29) is 18.6 Å². The summed E-state index contributed by atoms with van der Waals surface area (Å²) >= 11 is 5.91. The molecule has 4 nitrogen and oxygen atoms in total. The molecule has 0 aliphatic carbocycles. The van der Waals surface area contributed by atoms with Crippen molar-refractivity contribution in [3.8, 4) is 0 Å². The second-order valence-electron chi connectivity index (χ2n) is 5.31. The zero-order valence-corrected chi connectivity index (χ0v) is 13.6. The van der Waals surface area contributed by atoms with Crippen LogP contribution < -0.4 is 10.6 Å². The van der Waals surface area contributed by atoms with Gasteiger partial charge in [-0.1, -0.05) is 54.1 Å². The average molecular weight is 333 g/mol. The molecule has 1 atom stereocenters. The smallest absolute Gasteiger partial charge is 0.315 e. The third-order valence-electron chi connectivity index (χ3n) is 3.60. The van der Waals surface area contributed by atoms with Gasteiger partial charge in [-0.05, 0) is 29.7 Å². The number of carbonyl (C=O) groups excluding carboxylic acids is 1. The van der Waals surface area contributed by atoms with Crippen molar-refractivity contribution < 1.29 is 9.90 Å². The van der Waals surface area contributed by atoms with E-state index in [2.05, 4.69) is 10.6 Å². The van der Waals surface area contributed by atoms with Crippen LogP contribution in [0, 0.1) is 0 Å². The van der Waals surface area contributed by atoms with Crippen LogP contribution in [0.4, 0.5) is 4.79 Å². The monoisotopic (exact) mass is 332 g/mol. The van der Waals surface area contributed by atoms with Gasteiger partial charge in [0.05, 0.1) is 0 Å². The van der Waals surface area contributed by atoms with E-state index in [0.29, 0.717) is 24.5 Å². The molecular weight excluding hydrogens is 312 g/mol. The molecule has 0 heterocycles. The first-order valence-corrected chi connectivity index (χ1v) is 7.99. The Bertz CT molecular complexity index is 619. The minimum absolute atomic E-state index is 0.0887. The van der Waals surface area contributed by atoms with E-state index < -0.39 is 0 Å². The zero-order chi connectivity index (χ0) is 16.5. The molecule has 0 aromatic heterocycles. The van der Waals surface area contributed by atoms with Gasteiger partial charge < -0.3 is 15.7 Å². The second-order valence-corrected chi connectivity index (χ2v) is 5.75. The van der Waals surface area contributed by atoms with Gasteiger partial charge in [0, 0.05) is 30.6 Å². The Morgan fingerprint density at radius 2 is 1.87 bits per heavy atom. The lowest BCUT2D eigenvalue weighted by Gasteiger charge is -2.17. The summed E-state index contributed by atoms with van der Waals surface area (Å²) in [6.45, 7) is 0.986. The van der Waals surface area contributed by atoms with Gasteiger partial charge in [-0.15, -0.1) is 0 Å². The van der Waals surface area contributed by atoms with E-state index in [1.165, 1.54) is 0 Å². The molecular formula is C18H21ClN2O2. The molecule has 2 rings (SSSR count). The van der Waals surface area contributed by atoms with Crippen LogP contribution >= 0.6 is 11.6 Å². The van der Waals surface area contributed by atoms with Crippen molar-refractivity contribution in [2.24, 2.45) is 0 Å². The molecule has 122 valence electrons. The largest absolute Gasteiger partial charge is 0.396 e. The lowest BCUT2D eigenvalue weighted by molar-refractivity contribution is 0.237.